The molecule has 154 valence electrons. The number of hydrogen-bond donors (Lipinski definition) is 2. The monoisotopic (exact) mass is 417 g/mol. The summed E-state index contributed by atoms with van der Waals surface area (Å²) in [6.07, 6.45) is 1.97. The van der Waals surface area contributed by atoms with E-state index in [4.69, 9.17) is 9.66 Å². The Bertz CT molecular complexity index is 942. The highest BCUT2D eigenvalue weighted by molar-refractivity contribution is 7.85. The maximum absolute atomic E-state index is 12.6. The number of aromatic carboxylic acids is 1. The van der Waals surface area contributed by atoms with Crippen LogP contribution in [-0.2, 0) is 14.9 Å². The molecule has 2 fully saturated rings. The summed E-state index contributed by atoms with van der Waals surface area (Å²) in [5, 5.41) is 18.6. The predicted octanol–water partition coefficient (Wildman–Crippen LogP) is 2.70. The lowest BCUT2D eigenvalue weighted by Crippen LogP contribution is -2.42. The third-order valence-electron chi connectivity index (χ3n) is 5.96. The number of rotatable bonds is 4. The van der Waals surface area contributed by atoms with E-state index in [1.165, 1.54) is 0 Å². The van der Waals surface area contributed by atoms with E-state index in [0.29, 0.717) is 18.9 Å². The lowest BCUT2D eigenvalue weighted by atomic mass is 9.70. The van der Waals surface area contributed by atoms with Crippen LogP contribution >= 0.6 is 0 Å². The summed E-state index contributed by atoms with van der Waals surface area (Å²) in [6.45, 7) is 3.89. The Balaban J connectivity index is 0.000000203. The van der Waals surface area contributed by atoms with Gasteiger partial charge in [0, 0.05) is 12.5 Å². The second-order valence-corrected chi connectivity index (χ2v) is 9.07. The standard InChI is InChI=1S/C10H16O4S.C7H4FNO4/c1-9(2)7-3-4-10(9,8(11)5-7)6-15(12,13)14;8-5-2-1-4(7(10)11)3-6(5)9(12)13/h7H,3-6H2,1-2H3,(H,12,13,14);1-3H,(H,10,11). The van der Waals surface area contributed by atoms with Crippen molar-refractivity contribution in [2.75, 3.05) is 5.75 Å². The molecule has 0 aromatic heterocycles. The fourth-order valence-corrected chi connectivity index (χ4v) is 5.51. The summed E-state index contributed by atoms with van der Waals surface area (Å²) < 4.78 is 43.6. The number of nitro groups is 1. The number of carboxylic acids is 1. The van der Waals surface area contributed by atoms with Gasteiger partial charge in [-0.3, -0.25) is 19.5 Å². The highest BCUT2D eigenvalue weighted by Gasteiger charge is 2.65. The molecule has 0 spiro atoms. The molecule has 2 aliphatic carbocycles. The van der Waals surface area contributed by atoms with E-state index >= 15 is 0 Å². The van der Waals surface area contributed by atoms with E-state index in [0.717, 1.165) is 18.6 Å². The summed E-state index contributed by atoms with van der Waals surface area (Å²) in [5.41, 5.74) is -2.27. The van der Waals surface area contributed by atoms with Crippen LogP contribution in [0.25, 0.3) is 0 Å². The fraction of sp³-hybridized carbons (Fsp3) is 0.529. The van der Waals surface area contributed by atoms with Gasteiger partial charge >= 0.3 is 11.7 Å². The van der Waals surface area contributed by atoms with Crippen molar-refractivity contribution in [2.45, 2.75) is 33.1 Å². The van der Waals surface area contributed by atoms with Crippen LogP contribution < -0.4 is 0 Å². The molecular formula is C17H20FNO8S. The number of carbonyl (C=O) groups excluding carboxylic acids is 1. The molecule has 2 aliphatic rings. The van der Waals surface area contributed by atoms with Gasteiger partial charge in [0.05, 0.1) is 21.7 Å². The number of carboxylic acid groups (broad SMARTS) is 1. The number of fused-ring (bicyclic) bond motifs is 2. The minimum atomic E-state index is -4.08. The van der Waals surface area contributed by atoms with Gasteiger partial charge in [0.1, 0.15) is 5.78 Å². The van der Waals surface area contributed by atoms with E-state index in [2.05, 4.69) is 0 Å². The van der Waals surface area contributed by atoms with Crippen LogP contribution in [0.3, 0.4) is 0 Å². The Morgan fingerprint density at radius 3 is 2.39 bits per heavy atom. The van der Waals surface area contributed by atoms with Gasteiger partial charge in [-0.25, -0.2) is 4.79 Å². The van der Waals surface area contributed by atoms with Gasteiger partial charge in [0.25, 0.3) is 10.1 Å². The average Bonchev–Trinajstić information content (AvgIpc) is 2.88. The molecule has 28 heavy (non-hydrogen) atoms. The Labute approximate surface area is 160 Å². The maximum atomic E-state index is 12.6. The Morgan fingerprint density at radius 1 is 1.39 bits per heavy atom. The van der Waals surface area contributed by atoms with Crippen molar-refractivity contribution >= 4 is 27.6 Å². The van der Waals surface area contributed by atoms with Crippen molar-refractivity contribution in [1.29, 1.82) is 0 Å². The molecule has 2 atom stereocenters. The van der Waals surface area contributed by atoms with Crippen molar-refractivity contribution in [1.82, 2.24) is 0 Å². The minimum Gasteiger partial charge on any atom is -0.478 e. The number of benzene rings is 1. The lowest BCUT2D eigenvalue weighted by Gasteiger charge is -2.35. The zero-order chi connectivity index (χ0) is 21.5. The van der Waals surface area contributed by atoms with Crippen LogP contribution in [0.15, 0.2) is 18.2 Å². The summed E-state index contributed by atoms with van der Waals surface area (Å²) in [4.78, 5) is 31.4. The summed E-state index contributed by atoms with van der Waals surface area (Å²) in [6, 6.07) is 2.39. The van der Waals surface area contributed by atoms with Gasteiger partial charge in [-0.15, -0.1) is 0 Å². The number of ketones is 1. The molecule has 2 unspecified atom stereocenters. The number of halogens is 1. The maximum Gasteiger partial charge on any atom is 0.335 e. The molecule has 0 radical (unpaired) electrons. The van der Waals surface area contributed by atoms with Crippen molar-refractivity contribution < 1.29 is 37.0 Å². The molecule has 0 heterocycles. The van der Waals surface area contributed by atoms with Gasteiger partial charge in [-0.2, -0.15) is 12.8 Å². The van der Waals surface area contributed by atoms with E-state index in [9.17, 15) is 32.5 Å². The largest absolute Gasteiger partial charge is 0.478 e. The third-order valence-corrected chi connectivity index (χ3v) is 6.82. The molecule has 2 bridgehead atoms. The Morgan fingerprint density at radius 2 is 2.00 bits per heavy atom. The molecule has 9 nitrogen and oxygen atoms in total. The van der Waals surface area contributed by atoms with Crippen LogP contribution in [0.5, 0.6) is 0 Å². The lowest BCUT2D eigenvalue weighted by molar-refractivity contribution is -0.387. The van der Waals surface area contributed by atoms with Gasteiger partial charge in [0.2, 0.25) is 5.82 Å². The molecular weight excluding hydrogens is 397 g/mol. The number of nitrogens with zero attached hydrogens (tertiary/aromatic N) is 1. The molecule has 2 N–H and O–H groups in total. The molecule has 1 aromatic carbocycles. The van der Waals surface area contributed by atoms with Crippen LogP contribution in [0.2, 0.25) is 0 Å². The predicted molar refractivity (Wildman–Crippen MR) is 95.0 cm³/mol. The number of hydrogen-bond acceptors (Lipinski definition) is 6. The second kappa shape index (κ2) is 7.21. The van der Waals surface area contributed by atoms with Crippen molar-refractivity contribution in [3.8, 4) is 0 Å². The van der Waals surface area contributed by atoms with Gasteiger partial charge in [0.15, 0.2) is 0 Å². The zero-order valence-electron chi connectivity index (χ0n) is 15.2. The van der Waals surface area contributed by atoms with E-state index in [1.807, 2.05) is 13.8 Å². The van der Waals surface area contributed by atoms with E-state index < -0.39 is 43.7 Å². The molecule has 1 aromatic rings. The molecule has 0 saturated heterocycles. The average molecular weight is 417 g/mol. The fourth-order valence-electron chi connectivity index (χ4n) is 4.21. The first kappa shape index (κ1) is 21.9. The van der Waals surface area contributed by atoms with Crippen LogP contribution in [0, 0.1) is 32.7 Å². The van der Waals surface area contributed by atoms with E-state index in [1.54, 1.807) is 0 Å². The van der Waals surface area contributed by atoms with Crippen molar-refractivity contribution in [3.63, 3.8) is 0 Å². The summed E-state index contributed by atoms with van der Waals surface area (Å²) in [7, 11) is -4.08. The smallest absolute Gasteiger partial charge is 0.335 e. The topological polar surface area (TPSA) is 152 Å². The zero-order valence-corrected chi connectivity index (χ0v) is 16.0. The molecule has 2 saturated carbocycles. The quantitative estimate of drug-likeness (QED) is 0.431. The first-order chi connectivity index (χ1) is 12.7. The number of nitro benzene ring substituents is 1. The molecule has 0 aliphatic heterocycles. The molecule has 11 heteroatoms. The second-order valence-electron chi connectivity index (χ2n) is 7.62. The minimum absolute atomic E-state index is 0.0152. The summed E-state index contributed by atoms with van der Waals surface area (Å²) in [5.74, 6) is -2.48. The third kappa shape index (κ3) is 3.90. The first-order valence-corrected chi connectivity index (χ1v) is 9.98. The molecule has 0 amide bonds. The first-order valence-electron chi connectivity index (χ1n) is 8.37. The Hall–Kier alpha value is -2.40. The number of Topliss-reactive ketones (excluding diaryl/α,β-unsaturated/α-hetero) is 1. The molecule has 3 rings (SSSR count). The van der Waals surface area contributed by atoms with Crippen LogP contribution in [0.4, 0.5) is 10.1 Å². The van der Waals surface area contributed by atoms with Gasteiger partial charge < -0.3 is 5.11 Å². The highest BCUT2D eigenvalue weighted by Crippen LogP contribution is 2.64. The number of carbonyl (C=O) groups is 2. The Kier molecular flexibility index (Phi) is 5.64. The van der Waals surface area contributed by atoms with E-state index in [-0.39, 0.29) is 22.7 Å². The summed E-state index contributed by atoms with van der Waals surface area (Å²) >= 11 is 0. The van der Waals surface area contributed by atoms with Gasteiger partial charge in [-0.1, -0.05) is 13.8 Å². The SMILES string of the molecule is CC1(C)C2CCC1(CS(=O)(=O)O)C(=O)C2.O=C(O)c1ccc(F)c([N+](=O)[O-])c1. The van der Waals surface area contributed by atoms with Crippen molar-refractivity contribution in [2.24, 2.45) is 16.7 Å². The van der Waals surface area contributed by atoms with Gasteiger partial charge in [-0.05, 0) is 36.3 Å². The van der Waals surface area contributed by atoms with Crippen LogP contribution in [0.1, 0.15) is 43.5 Å². The normalized spacial score (nSPS) is 25.1. The van der Waals surface area contributed by atoms with Crippen LogP contribution in [-0.4, -0.2) is 40.5 Å². The van der Waals surface area contributed by atoms with Crippen molar-refractivity contribution in [3.05, 3.63) is 39.7 Å². The highest BCUT2D eigenvalue weighted by atomic mass is 32.2.